The first-order valence-electron chi connectivity index (χ1n) is 9.07. The SMILES string of the molecule is CCc1noc(C)c1NC(=O)N1CCCCCC1c1c(C)n[nH]c1C. The van der Waals surface area contributed by atoms with Crippen molar-refractivity contribution in [2.75, 3.05) is 11.9 Å². The zero-order valence-corrected chi connectivity index (χ0v) is 15.5. The van der Waals surface area contributed by atoms with Gasteiger partial charge in [-0.3, -0.25) is 5.10 Å². The van der Waals surface area contributed by atoms with Crippen LogP contribution in [0.4, 0.5) is 10.5 Å². The highest BCUT2D eigenvalue weighted by molar-refractivity contribution is 5.90. The number of nitrogens with one attached hydrogen (secondary N) is 2. The third-order valence-corrected chi connectivity index (χ3v) is 5.03. The van der Waals surface area contributed by atoms with E-state index in [-0.39, 0.29) is 12.1 Å². The number of hydrogen-bond acceptors (Lipinski definition) is 4. The van der Waals surface area contributed by atoms with Gasteiger partial charge in [0.05, 0.1) is 11.7 Å². The summed E-state index contributed by atoms with van der Waals surface area (Å²) in [6.45, 7) is 8.59. The van der Waals surface area contributed by atoms with Crippen molar-refractivity contribution in [2.24, 2.45) is 0 Å². The summed E-state index contributed by atoms with van der Waals surface area (Å²) in [5.41, 5.74) is 4.65. The number of H-pyrrole nitrogens is 1. The summed E-state index contributed by atoms with van der Waals surface area (Å²) in [5, 5.41) is 14.4. The Labute approximate surface area is 148 Å². The molecular weight excluding hydrogens is 318 g/mol. The average molecular weight is 345 g/mol. The maximum absolute atomic E-state index is 13.1. The number of nitrogens with zero attached hydrogens (tertiary/aromatic N) is 3. The molecule has 0 saturated carbocycles. The maximum atomic E-state index is 13.1. The Morgan fingerprint density at radius 3 is 2.80 bits per heavy atom. The molecular formula is C18H27N5O2. The van der Waals surface area contributed by atoms with E-state index in [0.29, 0.717) is 11.4 Å². The summed E-state index contributed by atoms with van der Waals surface area (Å²) >= 11 is 0. The van der Waals surface area contributed by atoms with Crippen LogP contribution in [0.5, 0.6) is 0 Å². The van der Waals surface area contributed by atoms with Gasteiger partial charge in [-0.25, -0.2) is 4.79 Å². The minimum atomic E-state index is -0.0899. The van der Waals surface area contributed by atoms with E-state index in [2.05, 4.69) is 20.7 Å². The summed E-state index contributed by atoms with van der Waals surface area (Å²) in [6.07, 6.45) is 4.95. The molecule has 0 bridgehead atoms. The van der Waals surface area contributed by atoms with Crippen LogP contribution in [0.3, 0.4) is 0 Å². The minimum Gasteiger partial charge on any atom is -0.359 e. The smallest absolute Gasteiger partial charge is 0.322 e. The van der Waals surface area contributed by atoms with Crippen molar-refractivity contribution < 1.29 is 9.32 Å². The summed E-state index contributed by atoms with van der Waals surface area (Å²) < 4.78 is 5.24. The summed E-state index contributed by atoms with van der Waals surface area (Å²) in [7, 11) is 0. The van der Waals surface area contributed by atoms with Crippen LogP contribution in [-0.4, -0.2) is 32.8 Å². The maximum Gasteiger partial charge on any atom is 0.322 e. The lowest BCUT2D eigenvalue weighted by molar-refractivity contribution is 0.189. The number of aryl methyl sites for hydroxylation is 4. The minimum absolute atomic E-state index is 0.0477. The molecule has 2 amide bonds. The fourth-order valence-corrected chi connectivity index (χ4v) is 3.70. The van der Waals surface area contributed by atoms with Crippen molar-refractivity contribution in [1.29, 1.82) is 0 Å². The largest absolute Gasteiger partial charge is 0.359 e. The van der Waals surface area contributed by atoms with E-state index in [1.165, 1.54) is 0 Å². The van der Waals surface area contributed by atoms with Crippen molar-refractivity contribution in [3.8, 4) is 0 Å². The molecule has 25 heavy (non-hydrogen) atoms. The first-order valence-corrected chi connectivity index (χ1v) is 9.07. The van der Waals surface area contributed by atoms with Crippen molar-refractivity contribution >= 4 is 11.7 Å². The topological polar surface area (TPSA) is 87.1 Å². The molecule has 7 nitrogen and oxygen atoms in total. The zero-order valence-electron chi connectivity index (χ0n) is 15.5. The second-order valence-corrected chi connectivity index (χ2v) is 6.75. The molecule has 7 heteroatoms. The molecule has 2 aromatic rings. The Balaban J connectivity index is 1.88. The molecule has 2 N–H and O–H groups in total. The zero-order chi connectivity index (χ0) is 18.0. The number of carbonyl (C=O) groups excluding carboxylic acids is 1. The predicted molar refractivity (Wildman–Crippen MR) is 95.6 cm³/mol. The molecule has 2 aromatic heterocycles. The van der Waals surface area contributed by atoms with Gasteiger partial charge in [-0.1, -0.05) is 24.9 Å². The quantitative estimate of drug-likeness (QED) is 0.879. The number of aromatic nitrogens is 3. The van der Waals surface area contributed by atoms with Gasteiger partial charge in [0, 0.05) is 17.8 Å². The van der Waals surface area contributed by atoms with Crippen LogP contribution < -0.4 is 5.32 Å². The third kappa shape index (κ3) is 3.41. The van der Waals surface area contributed by atoms with Crippen molar-refractivity contribution in [1.82, 2.24) is 20.3 Å². The summed E-state index contributed by atoms with van der Waals surface area (Å²) in [4.78, 5) is 15.0. The van der Waals surface area contributed by atoms with Crippen molar-refractivity contribution in [3.63, 3.8) is 0 Å². The molecule has 1 fully saturated rings. The van der Waals surface area contributed by atoms with E-state index in [4.69, 9.17) is 4.52 Å². The van der Waals surface area contributed by atoms with E-state index in [1.54, 1.807) is 0 Å². The number of rotatable bonds is 3. The van der Waals surface area contributed by atoms with Crippen LogP contribution in [0.15, 0.2) is 4.52 Å². The van der Waals surface area contributed by atoms with E-state index in [9.17, 15) is 4.79 Å². The Morgan fingerprint density at radius 2 is 2.12 bits per heavy atom. The van der Waals surface area contributed by atoms with Crippen LogP contribution in [0.25, 0.3) is 0 Å². The highest BCUT2D eigenvalue weighted by Crippen LogP contribution is 2.34. The number of hydrogen-bond donors (Lipinski definition) is 2. The highest BCUT2D eigenvalue weighted by atomic mass is 16.5. The lowest BCUT2D eigenvalue weighted by atomic mass is 9.99. The Kier molecular flexibility index (Phi) is 5.11. The number of urea groups is 1. The molecule has 0 spiro atoms. The molecule has 1 unspecified atom stereocenters. The van der Waals surface area contributed by atoms with Gasteiger partial charge in [-0.15, -0.1) is 0 Å². The molecule has 0 radical (unpaired) electrons. The average Bonchev–Trinajstić information content (AvgIpc) is 3.00. The lowest BCUT2D eigenvalue weighted by Gasteiger charge is -2.30. The molecule has 136 valence electrons. The number of aromatic amines is 1. The fourth-order valence-electron chi connectivity index (χ4n) is 3.70. The van der Waals surface area contributed by atoms with Crippen LogP contribution in [0.1, 0.15) is 67.1 Å². The van der Waals surface area contributed by atoms with E-state index >= 15 is 0 Å². The van der Waals surface area contributed by atoms with Gasteiger partial charge in [-0.2, -0.15) is 5.10 Å². The van der Waals surface area contributed by atoms with Crippen LogP contribution in [0.2, 0.25) is 0 Å². The molecule has 3 heterocycles. The molecule has 0 aromatic carbocycles. The van der Waals surface area contributed by atoms with Crippen LogP contribution >= 0.6 is 0 Å². The van der Waals surface area contributed by atoms with Crippen molar-refractivity contribution in [2.45, 2.75) is 65.8 Å². The fraction of sp³-hybridized carbons (Fsp3) is 0.611. The van der Waals surface area contributed by atoms with Crippen molar-refractivity contribution in [3.05, 3.63) is 28.4 Å². The van der Waals surface area contributed by atoms with E-state index in [1.807, 2.05) is 32.6 Å². The molecule has 3 rings (SSSR count). The van der Waals surface area contributed by atoms with Gasteiger partial charge in [0.1, 0.15) is 11.4 Å². The van der Waals surface area contributed by atoms with Gasteiger partial charge in [0.2, 0.25) is 0 Å². The number of carbonyl (C=O) groups is 1. The van der Waals surface area contributed by atoms with Gasteiger partial charge in [0.15, 0.2) is 5.76 Å². The van der Waals surface area contributed by atoms with Gasteiger partial charge in [-0.05, 0) is 40.0 Å². The summed E-state index contributed by atoms with van der Waals surface area (Å²) in [6, 6.07) is -0.0422. The highest BCUT2D eigenvalue weighted by Gasteiger charge is 2.31. The van der Waals surface area contributed by atoms with Crippen LogP contribution in [-0.2, 0) is 6.42 Å². The molecule has 1 aliphatic heterocycles. The number of likely N-dealkylation sites (tertiary alicyclic amines) is 1. The molecule has 1 aliphatic rings. The second kappa shape index (κ2) is 7.29. The first-order chi connectivity index (χ1) is 12.0. The molecule has 1 atom stereocenters. The predicted octanol–water partition coefficient (Wildman–Crippen LogP) is 4.03. The Hall–Kier alpha value is -2.31. The van der Waals surface area contributed by atoms with E-state index in [0.717, 1.165) is 61.3 Å². The third-order valence-electron chi connectivity index (χ3n) is 5.03. The Morgan fingerprint density at radius 1 is 1.32 bits per heavy atom. The Bertz CT molecular complexity index is 729. The summed E-state index contributed by atoms with van der Waals surface area (Å²) in [5.74, 6) is 0.646. The van der Waals surface area contributed by atoms with Gasteiger partial charge >= 0.3 is 6.03 Å². The number of amides is 2. The van der Waals surface area contributed by atoms with Gasteiger partial charge < -0.3 is 14.7 Å². The van der Waals surface area contributed by atoms with Gasteiger partial charge in [0.25, 0.3) is 0 Å². The first kappa shape index (κ1) is 17.5. The standard InChI is InChI=1S/C18H27N5O2/c1-5-14-17(13(4)25-22-14)19-18(24)23-10-8-6-7-9-15(23)16-11(2)20-21-12(16)3/h15H,5-10H2,1-4H3,(H,19,24)(H,20,21). The lowest BCUT2D eigenvalue weighted by Crippen LogP contribution is -2.38. The molecule has 1 saturated heterocycles. The number of anilines is 1. The normalized spacial score (nSPS) is 18.2. The van der Waals surface area contributed by atoms with Crippen LogP contribution in [0, 0.1) is 20.8 Å². The monoisotopic (exact) mass is 345 g/mol. The second-order valence-electron chi connectivity index (χ2n) is 6.75. The van der Waals surface area contributed by atoms with E-state index < -0.39 is 0 Å². The molecule has 0 aliphatic carbocycles.